The van der Waals surface area contributed by atoms with Gasteiger partial charge in [-0.2, -0.15) is 0 Å². The van der Waals surface area contributed by atoms with Crippen molar-refractivity contribution < 1.29 is 9.53 Å². The number of carbonyl (C=O) groups excluding carboxylic acids is 1. The van der Waals surface area contributed by atoms with Crippen molar-refractivity contribution in [3.63, 3.8) is 0 Å². The third-order valence-corrected chi connectivity index (χ3v) is 6.08. The molecule has 3 aromatic rings. The molecule has 1 unspecified atom stereocenters. The van der Waals surface area contributed by atoms with Gasteiger partial charge in [0.15, 0.2) is 0 Å². The van der Waals surface area contributed by atoms with E-state index in [4.69, 9.17) is 4.74 Å². The van der Waals surface area contributed by atoms with Crippen molar-refractivity contribution in [2.45, 2.75) is 12.5 Å². The lowest BCUT2D eigenvalue weighted by Crippen LogP contribution is -2.33. The summed E-state index contributed by atoms with van der Waals surface area (Å²) < 4.78 is 6.35. The highest BCUT2D eigenvalue weighted by molar-refractivity contribution is 7.10. The second kappa shape index (κ2) is 9.23. The molecular formula is C22H25N5O2S. The minimum atomic E-state index is -0.0999. The molecule has 2 aromatic heterocycles. The number of amides is 1. The van der Waals surface area contributed by atoms with Gasteiger partial charge in [0.2, 0.25) is 0 Å². The lowest BCUT2D eigenvalue weighted by atomic mass is 10.2. The first-order chi connectivity index (χ1) is 14.7. The molecule has 156 valence electrons. The van der Waals surface area contributed by atoms with Crippen molar-refractivity contribution in [3.05, 3.63) is 64.7 Å². The van der Waals surface area contributed by atoms with Crippen molar-refractivity contribution in [2.75, 3.05) is 43.5 Å². The van der Waals surface area contributed by atoms with Gasteiger partial charge in [0, 0.05) is 49.4 Å². The summed E-state index contributed by atoms with van der Waals surface area (Å²) in [5, 5.41) is 5.25. The van der Waals surface area contributed by atoms with Gasteiger partial charge in [-0.1, -0.05) is 12.1 Å². The SMILES string of the molecule is CNCCC(Oc1cccc(N2CCN(C)c3ncncc3C2=O)c1)c1cccs1. The molecule has 1 amide bonds. The van der Waals surface area contributed by atoms with E-state index in [-0.39, 0.29) is 12.0 Å². The predicted octanol–water partition coefficient (Wildman–Crippen LogP) is 3.36. The van der Waals surface area contributed by atoms with Crippen molar-refractivity contribution in [3.8, 4) is 5.75 Å². The number of ether oxygens (including phenoxy) is 1. The first-order valence-corrected chi connectivity index (χ1v) is 10.8. The van der Waals surface area contributed by atoms with Crippen LogP contribution in [0.4, 0.5) is 11.5 Å². The first-order valence-electron chi connectivity index (χ1n) is 9.95. The van der Waals surface area contributed by atoms with Gasteiger partial charge >= 0.3 is 0 Å². The summed E-state index contributed by atoms with van der Waals surface area (Å²) >= 11 is 1.69. The smallest absolute Gasteiger partial charge is 0.263 e. The average Bonchev–Trinajstić information content (AvgIpc) is 3.27. The second-order valence-corrected chi connectivity index (χ2v) is 8.13. The van der Waals surface area contributed by atoms with Crippen molar-refractivity contribution >= 4 is 28.7 Å². The third kappa shape index (κ3) is 4.29. The van der Waals surface area contributed by atoms with E-state index in [0.717, 1.165) is 24.4 Å². The van der Waals surface area contributed by atoms with Crippen LogP contribution in [0.3, 0.4) is 0 Å². The van der Waals surface area contributed by atoms with E-state index in [1.807, 2.05) is 49.3 Å². The summed E-state index contributed by atoms with van der Waals surface area (Å²) in [6, 6.07) is 11.9. The van der Waals surface area contributed by atoms with E-state index in [2.05, 4.69) is 26.7 Å². The Morgan fingerprint density at radius 3 is 2.97 bits per heavy atom. The molecule has 1 aromatic carbocycles. The van der Waals surface area contributed by atoms with Crippen LogP contribution in [0, 0.1) is 0 Å². The largest absolute Gasteiger partial charge is 0.485 e. The van der Waals surface area contributed by atoms with Gasteiger partial charge in [-0.25, -0.2) is 9.97 Å². The minimum Gasteiger partial charge on any atom is -0.485 e. The number of benzene rings is 1. The Morgan fingerprint density at radius 2 is 2.17 bits per heavy atom. The topological polar surface area (TPSA) is 70.6 Å². The third-order valence-electron chi connectivity index (χ3n) is 5.11. The minimum absolute atomic E-state index is 0.0344. The molecule has 4 rings (SSSR count). The highest BCUT2D eigenvalue weighted by Gasteiger charge is 2.27. The fourth-order valence-corrected chi connectivity index (χ4v) is 4.31. The van der Waals surface area contributed by atoms with E-state index >= 15 is 0 Å². The van der Waals surface area contributed by atoms with Gasteiger partial charge < -0.3 is 19.9 Å². The Kier molecular flexibility index (Phi) is 6.25. The summed E-state index contributed by atoms with van der Waals surface area (Å²) in [5.74, 6) is 1.31. The van der Waals surface area contributed by atoms with Crippen LogP contribution in [0.2, 0.25) is 0 Å². The number of fused-ring (bicyclic) bond motifs is 1. The molecule has 1 N–H and O–H groups in total. The lowest BCUT2D eigenvalue weighted by Gasteiger charge is -2.23. The number of anilines is 2. The molecule has 8 heteroatoms. The molecule has 1 aliphatic rings. The maximum Gasteiger partial charge on any atom is 0.263 e. The fraction of sp³-hybridized carbons (Fsp3) is 0.318. The zero-order valence-electron chi connectivity index (χ0n) is 17.1. The number of rotatable bonds is 7. The number of hydrogen-bond acceptors (Lipinski definition) is 7. The maximum absolute atomic E-state index is 13.2. The molecule has 0 spiro atoms. The first kappa shape index (κ1) is 20.3. The van der Waals surface area contributed by atoms with E-state index in [0.29, 0.717) is 24.5 Å². The zero-order chi connectivity index (χ0) is 20.9. The van der Waals surface area contributed by atoms with Crippen molar-refractivity contribution in [2.24, 2.45) is 0 Å². The van der Waals surface area contributed by atoms with Crippen LogP contribution in [0.25, 0.3) is 0 Å². The monoisotopic (exact) mass is 423 g/mol. The molecule has 0 radical (unpaired) electrons. The van der Waals surface area contributed by atoms with Crippen LogP contribution in [0.15, 0.2) is 54.3 Å². The number of nitrogens with one attached hydrogen (secondary N) is 1. The quantitative estimate of drug-likeness (QED) is 0.628. The number of likely N-dealkylation sites (N-methyl/N-ethyl adjacent to an activating group) is 1. The van der Waals surface area contributed by atoms with E-state index in [1.54, 1.807) is 22.4 Å². The molecule has 1 atom stereocenters. The Balaban J connectivity index is 1.59. The number of aromatic nitrogens is 2. The highest BCUT2D eigenvalue weighted by atomic mass is 32.1. The highest BCUT2D eigenvalue weighted by Crippen LogP contribution is 2.31. The van der Waals surface area contributed by atoms with Crippen molar-refractivity contribution in [1.82, 2.24) is 15.3 Å². The molecule has 30 heavy (non-hydrogen) atoms. The molecule has 0 saturated carbocycles. The van der Waals surface area contributed by atoms with Gasteiger partial charge in [-0.3, -0.25) is 4.79 Å². The van der Waals surface area contributed by atoms with E-state index in [1.165, 1.54) is 11.2 Å². The molecule has 0 aliphatic carbocycles. The summed E-state index contributed by atoms with van der Waals surface area (Å²) in [5.41, 5.74) is 1.32. The second-order valence-electron chi connectivity index (χ2n) is 7.15. The van der Waals surface area contributed by atoms with Gasteiger partial charge in [-0.05, 0) is 37.2 Å². The summed E-state index contributed by atoms with van der Waals surface area (Å²) in [7, 11) is 3.88. The van der Waals surface area contributed by atoms with Crippen LogP contribution >= 0.6 is 11.3 Å². The van der Waals surface area contributed by atoms with Crippen LogP contribution in [-0.2, 0) is 0 Å². The molecule has 7 nitrogen and oxygen atoms in total. The van der Waals surface area contributed by atoms with Crippen LogP contribution in [0.1, 0.15) is 27.8 Å². The van der Waals surface area contributed by atoms with E-state index < -0.39 is 0 Å². The number of hydrogen-bond donors (Lipinski definition) is 1. The average molecular weight is 424 g/mol. The van der Waals surface area contributed by atoms with Gasteiger partial charge in [0.1, 0.15) is 29.6 Å². The van der Waals surface area contributed by atoms with Crippen LogP contribution in [0.5, 0.6) is 5.75 Å². The normalized spacial score (nSPS) is 14.9. The van der Waals surface area contributed by atoms with Gasteiger partial charge in [-0.15, -0.1) is 11.3 Å². The Bertz CT molecular complexity index is 995. The van der Waals surface area contributed by atoms with E-state index in [9.17, 15) is 4.79 Å². The van der Waals surface area contributed by atoms with Crippen LogP contribution < -0.4 is 19.9 Å². The summed E-state index contributed by atoms with van der Waals surface area (Å²) in [4.78, 5) is 26.5. The summed E-state index contributed by atoms with van der Waals surface area (Å²) in [6.07, 6.45) is 3.89. The number of nitrogens with zero attached hydrogens (tertiary/aromatic N) is 4. The predicted molar refractivity (Wildman–Crippen MR) is 120 cm³/mol. The summed E-state index contributed by atoms with van der Waals surface area (Å²) in [6.45, 7) is 2.10. The number of carbonyl (C=O) groups is 1. The zero-order valence-corrected chi connectivity index (χ0v) is 17.9. The molecule has 0 saturated heterocycles. The molecule has 0 bridgehead atoms. The Morgan fingerprint density at radius 1 is 1.27 bits per heavy atom. The van der Waals surface area contributed by atoms with Gasteiger partial charge in [0.05, 0.1) is 0 Å². The Hall–Kier alpha value is -2.97. The maximum atomic E-state index is 13.2. The molecule has 3 heterocycles. The standard InChI is InChI=1S/C22H25N5O2S/c1-23-9-8-19(20-7-4-12-30-20)29-17-6-3-5-16(13-17)27-11-10-26(2)21-18(22(27)28)14-24-15-25-21/h3-7,12-15,19,23H,8-11H2,1-2H3. The lowest BCUT2D eigenvalue weighted by molar-refractivity contribution is 0.0989. The molecular weight excluding hydrogens is 398 g/mol. The number of thiophene rings is 1. The van der Waals surface area contributed by atoms with Crippen molar-refractivity contribution in [1.29, 1.82) is 0 Å². The van der Waals surface area contributed by atoms with Gasteiger partial charge in [0.25, 0.3) is 5.91 Å². The van der Waals surface area contributed by atoms with Crippen LogP contribution in [-0.4, -0.2) is 49.6 Å². The fourth-order valence-electron chi connectivity index (χ4n) is 3.53. The molecule has 0 fully saturated rings. The molecule has 1 aliphatic heterocycles. The Labute approximate surface area is 180 Å².